The Morgan fingerprint density at radius 1 is 1.17 bits per heavy atom. The number of amides is 1. The number of carboxylic acid groups (broad SMARTS) is 1. The Balaban J connectivity index is 4.29. The topological polar surface area (TPSA) is 66.4 Å². The highest BCUT2D eigenvalue weighted by atomic mass is 16.4. The second-order valence-corrected chi connectivity index (χ2v) is 5.84. The first kappa shape index (κ1) is 16.9. The molecule has 0 aliphatic carbocycles. The molecule has 0 bridgehead atoms. The first-order valence-corrected chi connectivity index (χ1v) is 6.73. The lowest BCUT2D eigenvalue weighted by Crippen LogP contribution is -2.39. The molecule has 4 nitrogen and oxygen atoms in total. The van der Waals surface area contributed by atoms with Crippen LogP contribution in [0.1, 0.15) is 60.3 Å². The number of aliphatic carboxylic acids is 1. The molecule has 0 aliphatic rings. The highest BCUT2D eigenvalue weighted by molar-refractivity contribution is 5.78. The van der Waals surface area contributed by atoms with Gasteiger partial charge in [0.15, 0.2) is 0 Å². The van der Waals surface area contributed by atoms with Gasteiger partial charge in [0, 0.05) is 12.5 Å². The van der Waals surface area contributed by atoms with Crippen molar-refractivity contribution in [3.8, 4) is 0 Å². The van der Waals surface area contributed by atoms with E-state index in [1.807, 2.05) is 20.8 Å². The summed E-state index contributed by atoms with van der Waals surface area (Å²) in [5.74, 6) is -0.432. The summed E-state index contributed by atoms with van der Waals surface area (Å²) in [4.78, 5) is 22.6. The lowest BCUT2D eigenvalue weighted by molar-refractivity contribution is -0.139. The van der Waals surface area contributed by atoms with Gasteiger partial charge < -0.3 is 10.4 Å². The zero-order chi connectivity index (χ0) is 14.3. The van der Waals surface area contributed by atoms with Crippen LogP contribution in [0.4, 0.5) is 0 Å². The first-order valence-electron chi connectivity index (χ1n) is 6.73. The smallest absolute Gasteiger partial charge is 0.303 e. The molecule has 0 radical (unpaired) electrons. The van der Waals surface area contributed by atoms with E-state index in [9.17, 15) is 9.59 Å². The minimum absolute atomic E-state index is 0.0137. The highest BCUT2D eigenvalue weighted by Gasteiger charge is 2.26. The SMILES string of the molecule is CCC(CC)C(C)NC(=O)CC(C)(C)CC(=O)O. The molecule has 18 heavy (non-hydrogen) atoms. The van der Waals surface area contributed by atoms with E-state index in [1.165, 1.54) is 0 Å². The predicted molar refractivity (Wildman–Crippen MR) is 72.3 cm³/mol. The average molecular weight is 257 g/mol. The van der Waals surface area contributed by atoms with E-state index in [2.05, 4.69) is 19.2 Å². The second-order valence-electron chi connectivity index (χ2n) is 5.84. The van der Waals surface area contributed by atoms with Crippen LogP contribution in [0.25, 0.3) is 0 Å². The quantitative estimate of drug-likeness (QED) is 0.702. The minimum Gasteiger partial charge on any atom is -0.481 e. The number of hydrogen-bond donors (Lipinski definition) is 2. The number of carboxylic acids is 1. The van der Waals surface area contributed by atoms with E-state index in [-0.39, 0.29) is 24.8 Å². The summed E-state index contributed by atoms with van der Waals surface area (Å²) in [6.07, 6.45) is 2.34. The molecule has 1 atom stereocenters. The molecule has 0 aromatic carbocycles. The zero-order valence-corrected chi connectivity index (χ0v) is 12.2. The molecule has 0 aliphatic heterocycles. The maximum absolute atomic E-state index is 11.9. The van der Waals surface area contributed by atoms with Crippen molar-refractivity contribution in [2.24, 2.45) is 11.3 Å². The third-order valence-corrected chi connectivity index (χ3v) is 3.41. The van der Waals surface area contributed by atoms with Gasteiger partial charge >= 0.3 is 5.97 Å². The Kier molecular flexibility index (Phi) is 6.96. The monoisotopic (exact) mass is 257 g/mol. The van der Waals surface area contributed by atoms with E-state index in [1.54, 1.807) is 0 Å². The normalized spacial score (nSPS) is 13.4. The van der Waals surface area contributed by atoms with Crippen molar-refractivity contribution in [3.63, 3.8) is 0 Å². The lowest BCUT2D eigenvalue weighted by atomic mass is 9.85. The predicted octanol–water partition coefficient (Wildman–Crippen LogP) is 2.82. The van der Waals surface area contributed by atoms with Crippen LogP contribution in [0.5, 0.6) is 0 Å². The van der Waals surface area contributed by atoms with Gasteiger partial charge in [-0.3, -0.25) is 9.59 Å². The molecule has 0 saturated carbocycles. The maximum Gasteiger partial charge on any atom is 0.303 e. The van der Waals surface area contributed by atoms with Crippen molar-refractivity contribution in [3.05, 3.63) is 0 Å². The van der Waals surface area contributed by atoms with Crippen LogP contribution in [-0.2, 0) is 9.59 Å². The molecule has 2 N–H and O–H groups in total. The molecule has 0 aromatic rings. The van der Waals surface area contributed by atoms with Crippen molar-refractivity contribution < 1.29 is 14.7 Å². The Bertz CT molecular complexity index is 283. The van der Waals surface area contributed by atoms with Crippen LogP contribution in [-0.4, -0.2) is 23.0 Å². The Labute approximate surface area is 110 Å². The van der Waals surface area contributed by atoms with Crippen molar-refractivity contribution >= 4 is 11.9 Å². The largest absolute Gasteiger partial charge is 0.481 e. The molecule has 0 heterocycles. The molecule has 0 saturated heterocycles. The van der Waals surface area contributed by atoms with Gasteiger partial charge in [-0.1, -0.05) is 40.5 Å². The number of rotatable bonds is 8. The average Bonchev–Trinajstić information content (AvgIpc) is 2.15. The van der Waals surface area contributed by atoms with E-state index >= 15 is 0 Å². The Morgan fingerprint density at radius 2 is 1.67 bits per heavy atom. The second kappa shape index (κ2) is 7.39. The summed E-state index contributed by atoms with van der Waals surface area (Å²) < 4.78 is 0. The fourth-order valence-corrected chi connectivity index (χ4v) is 2.33. The van der Waals surface area contributed by atoms with Gasteiger partial charge in [0.1, 0.15) is 0 Å². The molecule has 0 aromatic heterocycles. The molecule has 1 unspecified atom stereocenters. The molecule has 1 amide bonds. The summed E-state index contributed by atoms with van der Waals surface area (Å²) in [5.41, 5.74) is -0.496. The van der Waals surface area contributed by atoms with Gasteiger partial charge in [-0.25, -0.2) is 0 Å². The Hall–Kier alpha value is -1.06. The zero-order valence-electron chi connectivity index (χ0n) is 12.2. The third-order valence-electron chi connectivity index (χ3n) is 3.41. The van der Waals surface area contributed by atoms with Crippen LogP contribution in [0, 0.1) is 11.3 Å². The van der Waals surface area contributed by atoms with Gasteiger partial charge in [-0.15, -0.1) is 0 Å². The standard InChI is InChI=1S/C14H27NO3/c1-6-11(7-2)10(3)15-12(16)8-14(4,5)9-13(17)18/h10-11H,6-9H2,1-5H3,(H,15,16)(H,17,18). The summed E-state index contributed by atoms with van der Waals surface area (Å²) in [6.45, 7) is 9.86. The molecule has 0 spiro atoms. The molecule has 4 heteroatoms. The van der Waals surface area contributed by atoms with E-state index < -0.39 is 11.4 Å². The Morgan fingerprint density at radius 3 is 2.06 bits per heavy atom. The van der Waals surface area contributed by atoms with E-state index in [0.29, 0.717) is 5.92 Å². The number of hydrogen-bond acceptors (Lipinski definition) is 2. The molecular weight excluding hydrogens is 230 g/mol. The van der Waals surface area contributed by atoms with E-state index in [4.69, 9.17) is 5.11 Å². The number of carbonyl (C=O) groups excluding carboxylic acids is 1. The summed E-state index contributed by atoms with van der Waals surface area (Å²) in [7, 11) is 0. The summed E-state index contributed by atoms with van der Waals surface area (Å²) in [6, 6.07) is 0.146. The summed E-state index contributed by atoms with van der Waals surface area (Å²) >= 11 is 0. The van der Waals surface area contributed by atoms with Gasteiger partial charge in [-0.05, 0) is 18.3 Å². The van der Waals surface area contributed by atoms with Crippen LogP contribution < -0.4 is 5.32 Å². The van der Waals surface area contributed by atoms with Crippen LogP contribution in [0.3, 0.4) is 0 Å². The van der Waals surface area contributed by atoms with Gasteiger partial charge in [-0.2, -0.15) is 0 Å². The molecule has 0 fully saturated rings. The fraction of sp³-hybridized carbons (Fsp3) is 0.857. The molecule has 106 valence electrons. The molecular formula is C14H27NO3. The van der Waals surface area contributed by atoms with Gasteiger partial charge in [0.25, 0.3) is 0 Å². The van der Waals surface area contributed by atoms with Crippen LogP contribution in [0.15, 0.2) is 0 Å². The molecule has 0 rings (SSSR count). The van der Waals surface area contributed by atoms with Gasteiger partial charge in [0.05, 0.1) is 6.42 Å². The van der Waals surface area contributed by atoms with Crippen molar-refractivity contribution in [2.75, 3.05) is 0 Å². The lowest BCUT2D eigenvalue weighted by Gasteiger charge is -2.26. The number of carbonyl (C=O) groups is 2. The number of nitrogens with one attached hydrogen (secondary N) is 1. The summed E-state index contributed by atoms with van der Waals surface area (Å²) in [5, 5.41) is 11.8. The third kappa shape index (κ3) is 6.62. The van der Waals surface area contributed by atoms with Crippen LogP contribution >= 0.6 is 0 Å². The van der Waals surface area contributed by atoms with Crippen LogP contribution in [0.2, 0.25) is 0 Å². The minimum atomic E-state index is -0.860. The van der Waals surface area contributed by atoms with Gasteiger partial charge in [0.2, 0.25) is 5.91 Å². The van der Waals surface area contributed by atoms with Crippen molar-refractivity contribution in [1.29, 1.82) is 0 Å². The fourth-order valence-electron chi connectivity index (χ4n) is 2.33. The highest BCUT2D eigenvalue weighted by Crippen LogP contribution is 2.25. The first-order chi connectivity index (χ1) is 8.21. The van der Waals surface area contributed by atoms with Crippen molar-refractivity contribution in [1.82, 2.24) is 5.32 Å². The maximum atomic E-state index is 11.9. The van der Waals surface area contributed by atoms with E-state index in [0.717, 1.165) is 12.8 Å². The van der Waals surface area contributed by atoms with Crippen molar-refractivity contribution in [2.45, 2.75) is 66.3 Å².